The Morgan fingerprint density at radius 2 is 1.86 bits per heavy atom. The number of likely N-dealkylation sites (tertiary alicyclic amines) is 1. The van der Waals surface area contributed by atoms with Gasteiger partial charge in [0.1, 0.15) is 0 Å². The van der Waals surface area contributed by atoms with Gasteiger partial charge in [-0.25, -0.2) is 4.79 Å². The van der Waals surface area contributed by atoms with Gasteiger partial charge in [-0.3, -0.25) is 4.90 Å². The van der Waals surface area contributed by atoms with Crippen molar-refractivity contribution in [3.63, 3.8) is 0 Å². The molecule has 150 valence electrons. The standard InChI is InChI=1S/C23H31N3O2/c27-18-21-12-8-16-26(21)15-7-6-14-24-23(28)25-22-13-5-4-11-20(22)17-19-9-2-1-3-10-19/h1-5,9-11,13,21,27H,6-8,12,14-18H2,(H2,24,25,28). The van der Waals surface area contributed by atoms with Crippen molar-refractivity contribution in [2.24, 2.45) is 0 Å². The third-order valence-electron chi connectivity index (χ3n) is 5.37. The van der Waals surface area contributed by atoms with Crippen LogP contribution in [0.25, 0.3) is 0 Å². The Kier molecular flexibility index (Phi) is 7.88. The molecule has 3 N–H and O–H groups in total. The highest BCUT2D eigenvalue weighted by molar-refractivity contribution is 5.90. The SMILES string of the molecule is O=C(NCCCCN1CCCC1CO)Nc1ccccc1Cc1ccccc1. The Bertz CT molecular complexity index is 736. The highest BCUT2D eigenvalue weighted by Gasteiger charge is 2.22. The minimum atomic E-state index is -0.157. The summed E-state index contributed by atoms with van der Waals surface area (Å²) in [6.45, 7) is 2.99. The highest BCUT2D eigenvalue weighted by atomic mass is 16.3. The molecular weight excluding hydrogens is 350 g/mol. The fourth-order valence-electron chi connectivity index (χ4n) is 3.82. The van der Waals surface area contributed by atoms with E-state index in [-0.39, 0.29) is 12.6 Å². The van der Waals surface area contributed by atoms with E-state index in [0.29, 0.717) is 12.6 Å². The lowest BCUT2D eigenvalue weighted by Crippen LogP contribution is -2.34. The normalized spacial score (nSPS) is 16.8. The third-order valence-corrected chi connectivity index (χ3v) is 5.37. The number of hydrogen-bond acceptors (Lipinski definition) is 3. The van der Waals surface area contributed by atoms with E-state index in [1.165, 1.54) is 12.0 Å². The van der Waals surface area contributed by atoms with Gasteiger partial charge in [0.2, 0.25) is 0 Å². The fourth-order valence-corrected chi connectivity index (χ4v) is 3.82. The summed E-state index contributed by atoms with van der Waals surface area (Å²) in [7, 11) is 0. The predicted molar refractivity (Wildman–Crippen MR) is 114 cm³/mol. The van der Waals surface area contributed by atoms with Crippen LogP contribution < -0.4 is 10.6 Å². The number of aliphatic hydroxyl groups is 1. The molecule has 28 heavy (non-hydrogen) atoms. The van der Waals surface area contributed by atoms with E-state index in [2.05, 4.69) is 33.7 Å². The number of benzene rings is 2. The molecule has 0 radical (unpaired) electrons. The van der Waals surface area contributed by atoms with Gasteiger partial charge in [-0.2, -0.15) is 0 Å². The van der Waals surface area contributed by atoms with Crippen LogP contribution in [0.5, 0.6) is 0 Å². The molecule has 1 saturated heterocycles. The fraction of sp³-hybridized carbons (Fsp3) is 0.435. The molecule has 0 bridgehead atoms. The maximum Gasteiger partial charge on any atom is 0.319 e. The first kappa shape index (κ1) is 20.4. The number of hydrogen-bond donors (Lipinski definition) is 3. The molecule has 3 rings (SSSR count). The number of unbranched alkanes of at least 4 members (excludes halogenated alkanes) is 1. The first-order valence-electron chi connectivity index (χ1n) is 10.3. The number of nitrogens with one attached hydrogen (secondary N) is 2. The minimum absolute atomic E-state index is 0.157. The van der Waals surface area contributed by atoms with Crippen LogP contribution in [-0.4, -0.2) is 48.3 Å². The summed E-state index contributed by atoms with van der Waals surface area (Å²) in [5, 5.41) is 15.3. The topological polar surface area (TPSA) is 64.6 Å². The molecule has 1 heterocycles. The molecule has 2 amide bonds. The van der Waals surface area contributed by atoms with E-state index in [0.717, 1.165) is 50.0 Å². The number of anilines is 1. The molecule has 2 aromatic rings. The molecule has 0 aliphatic carbocycles. The summed E-state index contributed by atoms with van der Waals surface area (Å²) in [5.74, 6) is 0. The Balaban J connectivity index is 1.40. The van der Waals surface area contributed by atoms with Gasteiger partial charge in [0.25, 0.3) is 0 Å². The summed E-state index contributed by atoms with van der Waals surface area (Å²) >= 11 is 0. The second-order valence-corrected chi connectivity index (χ2v) is 7.42. The number of para-hydroxylation sites is 1. The Morgan fingerprint density at radius 1 is 1.07 bits per heavy atom. The number of aliphatic hydroxyl groups excluding tert-OH is 1. The molecule has 5 heteroatoms. The molecule has 1 aliphatic rings. The van der Waals surface area contributed by atoms with Gasteiger partial charge < -0.3 is 15.7 Å². The van der Waals surface area contributed by atoms with Gasteiger partial charge in [0, 0.05) is 18.3 Å². The maximum atomic E-state index is 12.3. The van der Waals surface area contributed by atoms with Gasteiger partial charge in [-0.15, -0.1) is 0 Å². The zero-order chi connectivity index (χ0) is 19.6. The lowest BCUT2D eigenvalue weighted by Gasteiger charge is -2.22. The molecule has 1 aliphatic heterocycles. The summed E-state index contributed by atoms with van der Waals surface area (Å²) < 4.78 is 0. The molecule has 5 nitrogen and oxygen atoms in total. The van der Waals surface area contributed by atoms with Crippen LogP contribution >= 0.6 is 0 Å². The lowest BCUT2D eigenvalue weighted by molar-refractivity contribution is 0.157. The summed E-state index contributed by atoms with van der Waals surface area (Å²) in [5.41, 5.74) is 3.18. The van der Waals surface area contributed by atoms with Gasteiger partial charge in [-0.05, 0) is 62.4 Å². The molecule has 1 fully saturated rings. The van der Waals surface area contributed by atoms with Crippen molar-refractivity contribution < 1.29 is 9.90 Å². The van der Waals surface area contributed by atoms with Crippen molar-refractivity contribution in [2.45, 2.75) is 38.1 Å². The van der Waals surface area contributed by atoms with Crippen LogP contribution in [-0.2, 0) is 6.42 Å². The van der Waals surface area contributed by atoms with E-state index in [9.17, 15) is 9.90 Å². The number of urea groups is 1. The van der Waals surface area contributed by atoms with Crippen LogP contribution in [0.2, 0.25) is 0 Å². The molecular formula is C23H31N3O2. The average molecular weight is 382 g/mol. The van der Waals surface area contributed by atoms with Crippen LogP contribution in [0.4, 0.5) is 10.5 Å². The summed E-state index contributed by atoms with van der Waals surface area (Å²) in [4.78, 5) is 14.6. The molecule has 1 unspecified atom stereocenters. The zero-order valence-corrected chi connectivity index (χ0v) is 16.4. The van der Waals surface area contributed by atoms with Crippen molar-refractivity contribution in [2.75, 3.05) is 31.6 Å². The van der Waals surface area contributed by atoms with Crippen molar-refractivity contribution in [3.05, 3.63) is 65.7 Å². The highest BCUT2D eigenvalue weighted by Crippen LogP contribution is 2.19. The van der Waals surface area contributed by atoms with E-state index < -0.39 is 0 Å². The third kappa shape index (κ3) is 6.08. The molecule has 0 spiro atoms. The zero-order valence-electron chi connectivity index (χ0n) is 16.4. The van der Waals surface area contributed by atoms with Gasteiger partial charge >= 0.3 is 6.03 Å². The quantitative estimate of drug-likeness (QED) is 0.581. The maximum absolute atomic E-state index is 12.3. The summed E-state index contributed by atoms with van der Waals surface area (Å²) in [6, 6.07) is 18.4. The van der Waals surface area contributed by atoms with E-state index in [1.54, 1.807) is 0 Å². The van der Waals surface area contributed by atoms with Crippen molar-refractivity contribution in [1.82, 2.24) is 10.2 Å². The van der Waals surface area contributed by atoms with Crippen molar-refractivity contribution in [3.8, 4) is 0 Å². The number of rotatable bonds is 9. The molecule has 2 aromatic carbocycles. The van der Waals surface area contributed by atoms with Gasteiger partial charge in [0.05, 0.1) is 6.61 Å². The first-order valence-corrected chi connectivity index (χ1v) is 10.3. The Hall–Kier alpha value is -2.37. The van der Waals surface area contributed by atoms with Crippen LogP contribution in [0, 0.1) is 0 Å². The van der Waals surface area contributed by atoms with Crippen LogP contribution in [0.3, 0.4) is 0 Å². The van der Waals surface area contributed by atoms with Crippen LogP contribution in [0.15, 0.2) is 54.6 Å². The number of carbonyl (C=O) groups is 1. The van der Waals surface area contributed by atoms with E-state index >= 15 is 0 Å². The number of carbonyl (C=O) groups excluding carboxylic acids is 1. The minimum Gasteiger partial charge on any atom is -0.395 e. The van der Waals surface area contributed by atoms with Crippen molar-refractivity contribution in [1.29, 1.82) is 0 Å². The molecule has 0 saturated carbocycles. The first-order chi connectivity index (χ1) is 13.8. The van der Waals surface area contributed by atoms with Crippen molar-refractivity contribution >= 4 is 11.7 Å². The lowest BCUT2D eigenvalue weighted by atomic mass is 10.0. The van der Waals surface area contributed by atoms with Gasteiger partial charge in [-0.1, -0.05) is 48.5 Å². The second-order valence-electron chi connectivity index (χ2n) is 7.42. The monoisotopic (exact) mass is 381 g/mol. The largest absolute Gasteiger partial charge is 0.395 e. The number of amides is 2. The van der Waals surface area contributed by atoms with Gasteiger partial charge in [0.15, 0.2) is 0 Å². The van der Waals surface area contributed by atoms with E-state index in [1.807, 2.05) is 36.4 Å². The Morgan fingerprint density at radius 3 is 2.68 bits per heavy atom. The smallest absolute Gasteiger partial charge is 0.319 e. The summed E-state index contributed by atoms with van der Waals surface area (Å²) in [6.07, 6.45) is 5.03. The predicted octanol–water partition coefficient (Wildman–Crippen LogP) is 3.64. The Labute approximate surface area is 167 Å². The van der Waals surface area contributed by atoms with Crippen LogP contribution in [0.1, 0.15) is 36.8 Å². The second kappa shape index (κ2) is 10.8. The van der Waals surface area contributed by atoms with E-state index in [4.69, 9.17) is 0 Å². The average Bonchev–Trinajstić information content (AvgIpc) is 3.17. The molecule has 0 aromatic heterocycles. The number of nitrogens with zero attached hydrogens (tertiary/aromatic N) is 1. The molecule has 1 atom stereocenters.